The summed E-state index contributed by atoms with van der Waals surface area (Å²) < 4.78 is 32.5. The molecule has 1 aliphatic carbocycles. The summed E-state index contributed by atoms with van der Waals surface area (Å²) in [5, 5.41) is 9.19. The monoisotopic (exact) mass is 315 g/mol. The fourth-order valence-electron chi connectivity index (χ4n) is 2.93. The van der Waals surface area contributed by atoms with Gasteiger partial charge in [-0.05, 0) is 32.6 Å². The minimum Gasteiger partial charge on any atom is -0.478 e. The molecule has 0 amide bonds. The lowest BCUT2D eigenvalue weighted by molar-refractivity contribution is 0.0691. The smallest absolute Gasteiger partial charge is 0.340 e. The summed E-state index contributed by atoms with van der Waals surface area (Å²) in [4.78, 5) is 11.0. The van der Waals surface area contributed by atoms with E-state index in [-0.39, 0.29) is 22.0 Å². The second-order valence-corrected chi connectivity index (χ2v) is 7.28. The van der Waals surface area contributed by atoms with Crippen molar-refractivity contribution in [3.8, 4) is 0 Å². The molecule has 21 heavy (non-hydrogen) atoms. The highest BCUT2D eigenvalue weighted by atomic mass is 32.2. The molecule has 1 aromatic rings. The predicted molar refractivity (Wildman–Crippen MR) is 76.9 cm³/mol. The van der Waals surface area contributed by atoms with Gasteiger partial charge in [-0.15, -0.1) is 0 Å². The van der Waals surface area contributed by atoms with E-state index >= 15 is 0 Å². The maximum Gasteiger partial charge on any atom is 0.340 e. The minimum absolute atomic E-state index is 0.109. The van der Waals surface area contributed by atoms with Gasteiger partial charge >= 0.3 is 5.97 Å². The molecular weight excluding hydrogens is 294 g/mol. The van der Waals surface area contributed by atoms with Gasteiger partial charge in [0.25, 0.3) is 0 Å². The Morgan fingerprint density at radius 2 is 1.86 bits per heavy atom. The summed E-state index contributed by atoms with van der Waals surface area (Å²) >= 11 is 0. The van der Waals surface area contributed by atoms with Crippen molar-refractivity contribution in [1.29, 1.82) is 0 Å². The van der Waals surface area contributed by atoms with Crippen LogP contribution in [0.1, 0.15) is 54.0 Å². The highest BCUT2D eigenvalue weighted by molar-refractivity contribution is 7.89. The van der Waals surface area contributed by atoms with E-state index < -0.39 is 16.0 Å². The molecule has 6 nitrogen and oxygen atoms in total. The summed E-state index contributed by atoms with van der Waals surface area (Å²) in [7, 11) is -3.87. The number of hydrogen-bond acceptors (Lipinski definition) is 4. The van der Waals surface area contributed by atoms with Gasteiger partial charge in [-0.1, -0.05) is 19.3 Å². The third kappa shape index (κ3) is 3.47. The normalized spacial score (nSPS) is 17.0. The molecule has 0 bridgehead atoms. The van der Waals surface area contributed by atoms with Crippen molar-refractivity contribution < 1.29 is 22.7 Å². The highest BCUT2D eigenvalue weighted by Gasteiger charge is 2.31. The maximum absolute atomic E-state index is 12.4. The zero-order valence-electron chi connectivity index (χ0n) is 12.3. The van der Waals surface area contributed by atoms with Gasteiger partial charge in [0.05, 0.1) is 0 Å². The zero-order chi connectivity index (χ0) is 15.6. The molecular formula is C14H21NO5S. The van der Waals surface area contributed by atoms with Gasteiger partial charge in [0.15, 0.2) is 0 Å². The summed E-state index contributed by atoms with van der Waals surface area (Å²) in [6.07, 6.45) is 5.47. The van der Waals surface area contributed by atoms with E-state index in [9.17, 15) is 18.3 Å². The summed E-state index contributed by atoms with van der Waals surface area (Å²) in [5.41, 5.74) is -0.274. The van der Waals surface area contributed by atoms with Gasteiger partial charge in [0, 0.05) is 6.54 Å². The molecule has 0 saturated heterocycles. The maximum atomic E-state index is 12.4. The summed E-state index contributed by atoms with van der Waals surface area (Å²) in [6.45, 7) is 3.27. The van der Waals surface area contributed by atoms with Crippen molar-refractivity contribution in [1.82, 2.24) is 4.72 Å². The number of aromatic carboxylic acids is 1. The standard InChI is InChI=1S/C14H21NO5S/c1-9-12(14(16)17)13(10(2)20-9)21(18,19)15-8-11-6-4-3-5-7-11/h11,15H,3-8H2,1-2H3,(H,16,17). The van der Waals surface area contributed by atoms with E-state index in [1.807, 2.05) is 0 Å². The summed E-state index contributed by atoms with van der Waals surface area (Å²) in [5.74, 6) is -0.739. The van der Waals surface area contributed by atoms with E-state index in [0.29, 0.717) is 12.5 Å². The number of furan rings is 1. The molecule has 0 spiro atoms. The first-order valence-electron chi connectivity index (χ1n) is 7.16. The second kappa shape index (κ2) is 6.19. The minimum atomic E-state index is -3.87. The molecule has 0 radical (unpaired) electrons. The number of carboxylic acid groups (broad SMARTS) is 1. The van der Waals surface area contributed by atoms with Gasteiger partial charge in [0.2, 0.25) is 10.0 Å². The van der Waals surface area contributed by atoms with Gasteiger partial charge < -0.3 is 9.52 Å². The fraction of sp³-hybridized carbons (Fsp3) is 0.643. The van der Waals surface area contributed by atoms with Crippen LogP contribution < -0.4 is 4.72 Å². The Labute approximate surface area is 124 Å². The molecule has 0 aliphatic heterocycles. The molecule has 0 aromatic carbocycles. The van der Waals surface area contributed by atoms with Crippen LogP contribution in [0.15, 0.2) is 9.31 Å². The van der Waals surface area contributed by atoms with Crippen LogP contribution in [0.3, 0.4) is 0 Å². The quantitative estimate of drug-likeness (QED) is 0.870. The number of aryl methyl sites for hydroxylation is 2. The first-order valence-corrected chi connectivity index (χ1v) is 8.64. The predicted octanol–water partition coefficient (Wildman–Crippen LogP) is 2.45. The SMILES string of the molecule is Cc1oc(C)c(S(=O)(=O)NCC2CCCCC2)c1C(=O)O. The van der Waals surface area contributed by atoms with Crippen LogP contribution in [0.5, 0.6) is 0 Å². The molecule has 7 heteroatoms. The van der Waals surface area contributed by atoms with Crippen LogP contribution in [-0.2, 0) is 10.0 Å². The Morgan fingerprint density at radius 1 is 1.24 bits per heavy atom. The van der Waals surface area contributed by atoms with Gasteiger partial charge in [-0.3, -0.25) is 0 Å². The van der Waals surface area contributed by atoms with E-state index in [1.54, 1.807) is 0 Å². The van der Waals surface area contributed by atoms with Gasteiger partial charge in [-0.2, -0.15) is 0 Å². The molecule has 2 N–H and O–H groups in total. The van der Waals surface area contributed by atoms with Crippen LogP contribution in [0.2, 0.25) is 0 Å². The number of nitrogens with one attached hydrogen (secondary N) is 1. The van der Waals surface area contributed by atoms with Crippen LogP contribution in [0.25, 0.3) is 0 Å². The Bertz CT molecular complexity index is 626. The Hall–Kier alpha value is -1.34. The third-order valence-corrected chi connectivity index (χ3v) is 5.55. The summed E-state index contributed by atoms with van der Waals surface area (Å²) in [6, 6.07) is 0. The lowest BCUT2D eigenvalue weighted by atomic mass is 9.90. The van der Waals surface area contributed by atoms with E-state index in [1.165, 1.54) is 20.3 Å². The molecule has 0 unspecified atom stereocenters. The molecule has 1 aromatic heterocycles. The van der Waals surface area contributed by atoms with E-state index in [0.717, 1.165) is 25.7 Å². The van der Waals surface area contributed by atoms with Crippen molar-refractivity contribution in [2.24, 2.45) is 5.92 Å². The Kier molecular flexibility index (Phi) is 4.73. The topological polar surface area (TPSA) is 96.6 Å². The molecule has 1 heterocycles. The van der Waals surface area contributed by atoms with Crippen LogP contribution >= 0.6 is 0 Å². The average molecular weight is 315 g/mol. The van der Waals surface area contributed by atoms with Crippen molar-refractivity contribution >= 4 is 16.0 Å². The Morgan fingerprint density at radius 3 is 2.43 bits per heavy atom. The highest BCUT2D eigenvalue weighted by Crippen LogP contribution is 2.27. The molecule has 1 saturated carbocycles. The first kappa shape index (κ1) is 16.0. The molecule has 0 atom stereocenters. The third-order valence-electron chi connectivity index (χ3n) is 3.97. The fourth-order valence-corrected chi connectivity index (χ4v) is 4.44. The largest absolute Gasteiger partial charge is 0.478 e. The van der Waals surface area contributed by atoms with Crippen molar-refractivity contribution in [2.75, 3.05) is 6.54 Å². The van der Waals surface area contributed by atoms with E-state index in [4.69, 9.17) is 4.42 Å². The molecule has 1 fully saturated rings. The van der Waals surface area contributed by atoms with Gasteiger partial charge in [0.1, 0.15) is 22.0 Å². The number of carboxylic acids is 1. The van der Waals surface area contributed by atoms with Crippen molar-refractivity contribution in [3.05, 3.63) is 17.1 Å². The van der Waals surface area contributed by atoms with Crippen LogP contribution in [0, 0.1) is 19.8 Å². The van der Waals surface area contributed by atoms with Gasteiger partial charge in [-0.25, -0.2) is 17.9 Å². The van der Waals surface area contributed by atoms with Crippen LogP contribution in [0.4, 0.5) is 0 Å². The number of hydrogen-bond donors (Lipinski definition) is 2. The number of rotatable bonds is 5. The van der Waals surface area contributed by atoms with Crippen molar-refractivity contribution in [2.45, 2.75) is 50.8 Å². The van der Waals surface area contributed by atoms with Crippen LogP contribution in [-0.4, -0.2) is 26.0 Å². The molecule has 118 valence electrons. The zero-order valence-corrected chi connectivity index (χ0v) is 13.1. The lowest BCUT2D eigenvalue weighted by Crippen LogP contribution is -2.31. The number of carbonyl (C=O) groups is 1. The average Bonchev–Trinajstić information content (AvgIpc) is 2.73. The van der Waals surface area contributed by atoms with E-state index in [2.05, 4.69) is 4.72 Å². The second-order valence-electron chi connectivity index (χ2n) is 5.58. The lowest BCUT2D eigenvalue weighted by Gasteiger charge is -2.21. The van der Waals surface area contributed by atoms with Crippen molar-refractivity contribution in [3.63, 3.8) is 0 Å². The Balaban J connectivity index is 2.21. The molecule has 2 rings (SSSR count). The number of sulfonamides is 1. The molecule has 1 aliphatic rings. The first-order chi connectivity index (χ1) is 9.83.